The van der Waals surface area contributed by atoms with Crippen LogP contribution in [-0.4, -0.2) is 12.6 Å². The van der Waals surface area contributed by atoms with Crippen LogP contribution in [0.1, 0.15) is 278 Å². The molecule has 0 rings (SSSR count). The molecule has 0 aromatic heterocycles. The average molecular weight is 677 g/mol. The van der Waals surface area contributed by atoms with Crippen LogP contribution in [0.25, 0.3) is 0 Å². The summed E-state index contributed by atoms with van der Waals surface area (Å²) < 4.78 is 6.07. The van der Waals surface area contributed by atoms with Crippen molar-refractivity contribution in [2.45, 2.75) is 278 Å². The van der Waals surface area contributed by atoms with Gasteiger partial charge in [0.25, 0.3) is 0 Å². The van der Waals surface area contributed by atoms with Crippen molar-refractivity contribution in [3.63, 3.8) is 0 Å². The van der Waals surface area contributed by atoms with Crippen LogP contribution in [0.4, 0.5) is 0 Å². The van der Waals surface area contributed by atoms with Crippen molar-refractivity contribution < 1.29 is 9.53 Å². The van der Waals surface area contributed by atoms with E-state index >= 15 is 0 Å². The second-order valence-corrected chi connectivity index (χ2v) is 16.1. The van der Waals surface area contributed by atoms with E-state index in [0.29, 0.717) is 13.0 Å². The Kier molecular flexibility index (Phi) is 38.8. The molecule has 0 N–H and O–H groups in total. The highest BCUT2D eigenvalue weighted by atomic mass is 16.5. The highest BCUT2D eigenvalue weighted by Gasteiger charge is 2.29. The van der Waals surface area contributed by atoms with Gasteiger partial charge >= 0.3 is 5.97 Å². The molecule has 2 nitrogen and oxygen atoms in total. The molecular weight excluding hydrogens is 585 g/mol. The molecule has 0 saturated carbocycles. The fourth-order valence-electron chi connectivity index (χ4n) is 7.65. The van der Waals surface area contributed by atoms with Crippen molar-refractivity contribution in [1.29, 1.82) is 0 Å². The molecule has 0 saturated heterocycles. The maximum Gasteiger partial charge on any atom is 0.305 e. The molecule has 0 aliphatic carbocycles. The topological polar surface area (TPSA) is 26.3 Å². The Balaban J connectivity index is 4.34. The summed E-state index contributed by atoms with van der Waals surface area (Å²) in [5, 5.41) is 0. The predicted molar refractivity (Wildman–Crippen MR) is 216 cm³/mol. The summed E-state index contributed by atoms with van der Waals surface area (Å²) in [6.07, 6.45) is 52.4. The van der Waals surface area contributed by atoms with Gasteiger partial charge in [-0.2, -0.15) is 0 Å². The molecule has 0 atom stereocenters. The zero-order valence-electron chi connectivity index (χ0n) is 34.1. The zero-order chi connectivity index (χ0) is 35.1. The standard InChI is InChI=1S/C46H92O2/c1-5-9-12-15-18-21-24-27-30-33-36-39-42-46(8-4,43-40-37-34-31-28-25-22-19-16-13-10-6-2)44-48-45(47)41-38-35-32-29-26-23-20-17-14-11-7-3/h5-44H2,1-4H3. The van der Waals surface area contributed by atoms with Crippen molar-refractivity contribution in [2.75, 3.05) is 6.61 Å². The lowest BCUT2D eigenvalue weighted by Crippen LogP contribution is -2.28. The van der Waals surface area contributed by atoms with E-state index in [1.165, 1.54) is 231 Å². The van der Waals surface area contributed by atoms with Crippen LogP contribution in [0.15, 0.2) is 0 Å². The maximum atomic E-state index is 12.8. The van der Waals surface area contributed by atoms with Gasteiger partial charge in [-0.1, -0.05) is 246 Å². The van der Waals surface area contributed by atoms with Gasteiger partial charge in [0.15, 0.2) is 0 Å². The fourth-order valence-corrected chi connectivity index (χ4v) is 7.65. The van der Waals surface area contributed by atoms with E-state index in [4.69, 9.17) is 4.74 Å². The van der Waals surface area contributed by atoms with Crippen LogP contribution in [-0.2, 0) is 9.53 Å². The predicted octanol–water partition coefficient (Wildman–Crippen LogP) is 16.8. The maximum absolute atomic E-state index is 12.8. The molecule has 48 heavy (non-hydrogen) atoms. The molecule has 0 unspecified atom stereocenters. The number of rotatable bonds is 41. The van der Waals surface area contributed by atoms with Crippen molar-refractivity contribution in [3.05, 3.63) is 0 Å². The first kappa shape index (κ1) is 47.5. The first-order chi connectivity index (χ1) is 23.6. The van der Waals surface area contributed by atoms with Crippen molar-refractivity contribution in [3.8, 4) is 0 Å². The summed E-state index contributed by atoms with van der Waals surface area (Å²) in [7, 11) is 0. The van der Waals surface area contributed by atoms with E-state index in [1.54, 1.807) is 0 Å². The second kappa shape index (κ2) is 39.3. The van der Waals surface area contributed by atoms with Gasteiger partial charge in [0.1, 0.15) is 0 Å². The van der Waals surface area contributed by atoms with E-state index in [0.717, 1.165) is 12.8 Å². The second-order valence-electron chi connectivity index (χ2n) is 16.1. The van der Waals surface area contributed by atoms with Crippen LogP contribution in [0.2, 0.25) is 0 Å². The number of hydrogen-bond acceptors (Lipinski definition) is 2. The molecule has 0 fully saturated rings. The number of carbonyl (C=O) groups excluding carboxylic acids is 1. The van der Waals surface area contributed by atoms with Crippen LogP contribution < -0.4 is 0 Å². The molecule has 0 bridgehead atoms. The Morgan fingerprint density at radius 1 is 0.354 bits per heavy atom. The van der Waals surface area contributed by atoms with Gasteiger partial charge in [-0.25, -0.2) is 0 Å². The van der Waals surface area contributed by atoms with Gasteiger partial charge in [-0.3, -0.25) is 4.79 Å². The minimum Gasteiger partial charge on any atom is -0.465 e. The molecule has 0 heterocycles. The summed E-state index contributed by atoms with van der Waals surface area (Å²) in [4.78, 5) is 12.8. The first-order valence-corrected chi connectivity index (χ1v) is 22.8. The van der Waals surface area contributed by atoms with Crippen LogP contribution in [0.5, 0.6) is 0 Å². The molecule has 0 aliphatic heterocycles. The van der Waals surface area contributed by atoms with E-state index in [1.807, 2.05) is 0 Å². The average Bonchev–Trinajstić information content (AvgIpc) is 3.10. The monoisotopic (exact) mass is 677 g/mol. The third kappa shape index (κ3) is 33.9. The number of esters is 1. The highest BCUT2D eigenvalue weighted by Crippen LogP contribution is 2.36. The number of carbonyl (C=O) groups is 1. The largest absolute Gasteiger partial charge is 0.465 e. The molecular formula is C46H92O2. The van der Waals surface area contributed by atoms with Crippen molar-refractivity contribution >= 4 is 5.97 Å². The molecule has 0 aromatic carbocycles. The third-order valence-corrected chi connectivity index (χ3v) is 11.4. The van der Waals surface area contributed by atoms with Crippen LogP contribution >= 0.6 is 0 Å². The van der Waals surface area contributed by atoms with Crippen molar-refractivity contribution in [2.24, 2.45) is 5.41 Å². The van der Waals surface area contributed by atoms with Crippen molar-refractivity contribution in [1.82, 2.24) is 0 Å². The van der Waals surface area contributed by atoms with E-state index < -0.39 is 0 Å². The molecule has 0 aliphatic rings. The summed E-state index contributed by atoms with van der Waals surface area (Å²) in [6, 6.07) is 0. The normalized spacial score (nSPS) is 11.8. The lowest BCUT2D eigenvalue weighted by atomic mass is 9.76. The molecule has 288 valence electrons. The molecule has 2 heteroatoms. The number of unbranched alkanes of at least 4 members (excludes halogenated alkanes) is 32. The molecule has 0 spiro atoms. The number of ether oxygens (including phenoxy) is 1. The van der Waals surface area contributed by atoms with E-state index in [2.05, 4.69) is 27.7 Å². The molecule has 0 amide bonds. The van der Waals surface area contributed by atoms with Gasteiger partial charge in [0.05, 0.1) is 6.61 Å². The molecule has 0 radical (unpaired) electrons. The smallest absolute Gasteiger partial charge is 0.305 e. The van der Waals surface area contributed by atoms with Gasteiger partial charge in [0, 0.05) is 11.8 Å². The van der Waals surface area contributed by atoms with Gasteiger partial charge < -0.3 is 4.74 Å². The Bertz CT molecular complexity index is 585. The number of hydrogen-bond donors (Lipinski definition) is 0. The Labute approximate surface area is 304 Å². The molecule has 0 aromatic rings. The van der Waals surface area contributed by atoms with Gasteiger partial charge in [-0.05, 0) is 25.7 Å². The summed E-state index contributed by atoms with van der Waals surface area (Å²) in [6.45, 7) is 9.92. The van der Waals surface area contributed by atoms with Gasteiger partial charge in [-0.15, -0.1) is 0 Å². The Morgan fingerprint density at radius 2 is 0.604 bits per heavy atom. The Hall–Kier alpha value is -0.530. The first-order valence-electron chi connectivity index (χ1n) is 22.8. The quantitative estimate of drug-likeness (QED) is 0.0476. The van der Waals surface area contributed by atoms with E-state index in [-0.39, 0.29) is 11.4 Å². The summed E-state index contributed by atoms with van der Waals surface area (Å²) in [5.41, 5.74) is 0.198. The fraction of sp³-hybridized carbons (Fsp3) is 0.978. The lowest BCUT2D eigenvalue weighted by molar-refractivity contribution is -0.148. The lowest BCUT2D eigenvalue weighted by Gasteiger charge is -2.33. The SMILES string of the molecule is CCCCCCCCCCCCCCC(CC)(CCCCCCCCCCCCCC)COC(=O)CCCCCCCCCCCCC. The third-order valence-electron chi connectivity index (χ3n) is 11.4. The minimum absolute atomic E-state index is 0.0631. The Morgan fingerprint density at radius 3 is 0.875 bits per heavy atom. The highest BCUT2D eigenvalue weighted by molar-refractivity contribution is 5.69. The van der Waals surface area contributed by atoms with Crippen LogP contribution in [0.3, 0.4) is 0 Å². The summed E-state index contributed by atoms with van der Waals surface area (Å²) in [5.74, 6) is 0.0631. The van der Waals surface area contributed by atoms with Gasteiger partial charge in [0.2, 0.25) is 0 Å². The van der Waals surface area contributed by atoms with Crippen LogP contribution in [0, 0.1) is 5.41 Å². The van der Waals surface area contributed by atoms with E-state index in [9.17, 15) is 4.79 Å². The minimum atomic E-state index is 0.0631. The summed E-state index contributed by atoms with van der Waals surface area (Å²) >= 11 is 0. The zero-order valence-corrected chi connectivity index (χ0v) is 34.1.